The molecule has 1 N–H and O–H groups in total. The summed E-state index contributed by atoms with van der Waals surface area (Å²) in [5, 5.41) is 14.7. The molecule has 4 heterocycles. The highest BCUT2D eigenvalue weighted by Crippen LogP contribution is 2.47. The van der Waals surface area contributed by atoms with Crippen LogP contribution in [0.15, 0.2) is 56.3 Å². The third kappa shape index (κ3) is 18.5. The van der Waals surface area contributed by atoms with Crippen LogP contribution >= 0.6 is 0 Å². The Kier molecular flexibility index (Phi) is 20.9. The Bertz CT molecular complexity index is 2160. The minimum absolute atomic E-state index is 0.0316. The van der Waals surface area contributed by atoms with Gasteiger partial charge in [0.2, 0.25) is 0 Å². The van der Waals surface area contributed by atoms with E-state index in [1.165, 1.54) is 17.0 Å². The molecular weight excluding hydrogens is 881 g/mol. The number of hydrogen-bond acceptors (Lipinski definition) is 8. The first-order chi connectivity index (χ1) is 31.3. The molecule has 5 rings (SSSR count). The van der Waals surface area contributed by atoms with Gasteiger partial charge in [0.15, 0.2) is 12.2 Å². The van der Waals surface area contributed by atoms with Gasteiger partial charge in [-0.1, -0.05) is 231 Å². The molecule has 0 saturated heterocycles. The van der Waals surface area contributed by atoms with E-state index in [9.17, 15) is 5.11 Å². The topological polar surface area (TPSA) is 109 Å². The van der Waals surface area contributed by atoms with Crippen molar-refractivity contribution in [1.29, 1.82) is 0 Å². The fourth-order valence-electron chi connectivity index (χ4n) is 9.25. The van der Waals surface area contributed by atoms with Crippen LogP contribution in [0.1, 0.15) is 260 Å². The van der Waals surface area contributed by atoms with E-state index in [4.69, 9.17) is 18.4 Å². The summed E-state index contributed by atoms with van der Waals surface area (Å²) < 4.78 is 24.2. The normalized spacial score (nSPS) is 17.6. The molecule has 408 valence electrons. The summed E-state index contributed by atoms with van der Waals surface area (Å²) in [5.74, 6) is 1.68. The Balaban J connectivity index is 0.000000445. The van der Waals surface area contributed by atoms with Crippen molar-refractivity contribution in [3.8, 4) is 0 Å². The number of nitrogens with zero attached hydrogens (tertiary/aromatic N) is 4. The van der Waals surface area contributed by atoms with Crippen molar-refractivity contribution in [2.75, 3.05) is 13.7 Å². The Morgan fingerprint density at radius 2 is 1.07 bits per heavy atom. The highest BCUT2D eigenvalue weighted by atomic mass is 16.6. The average Bonchev–Trinajstić information content (AvgIpc) is 3.95. The van der Waals surface area contributed by atoms with Gasteiger partial charge in [0.25, 0.3) is 0 Å². The van der Waals surface area contributed by atoms with Crippen molar-refractivity contribution in [2.24, 2.45) is 28.7 Å². The largest absolute Gasteiger partial charge is 0.497 e. The van der Waals surface area contributed by atoms with Gasteiger partial charge in [-0.25, -0.2) is 9.97 Å². The molecule has 0 aromatic carbocycles. The van der Waals surface area contributed by atoms with Gasteiger partial charge in [0.05, 0.1) is 30.0 Å². The van der Waals surface area contributed by atoms with E-state index in [2.05, 4.69) is 247 Å². The molecule has 0 fully saturated rings. The van der Waals surface area contributed by atoms with Gasteiger partial charge in [0.1, 0.15) is 17.3 Å². The molecule has 9 nitrogen and oxygen atoms in total. The maximum absolute atomic E-state index is 10.6. The van der Waals surface area contributed by atoms with Crippen molar-refractivity contribution >= 4 is 0 Å². The molecule has 3 aromatic heterocycles. The number of oxazole rings is 1. The van der Waals surface area contributed by atoms with Crippen LogP contribution in [0, 0.1) is 28.6 Å². The molecule has 0 bridgehead atoms. The van der Waals surface area contributed by atoms with Crippen LogP contribution in [0.4, 0.5) is 0 Å². The number of methoxy groups -OCH3 is 1. The summed E-state index contributed by atoms with van der Waals surface area (Å²) in [4.78, 5) is 8.80. The Labute approximate surface area is 436 Å². The number of allylic oxidation sites excluding steroid dienone is 5. The molecule has 0 amide bonds. The molecule has 0 radical (unpaired) electrons. The van der Waals surface area contributed by atoms with Gasteiger partial charge in [-0.05, 0) is 40.6 Å². The Morgan fingerprint density at radius 3 is 1.38 bits per heavy atom. The SMILES string of the molecule is CC(C)(C)C1=C(C(C)(C)C)CC=C1.CC(C)(C)c1ncoc1C(C)(C)C.COC1(O)CCOC(C(C)(C)C)=C1C(C)(C)C.Cc1noc(C(C)(C)C)c1C(C)(C)C.Cn1cnc(C(C)(C)C)c1C(C)(C)C. The zero-order chi connectivity index (χ0) is 56.3. The summed E-state index contributed by atoms with van der Waals surface area (Å²) in [7, 11) is 3.63. The fraction of sp³-hybridized carbons (Fsp3) is 0.758. The molecule has 1 aliphatic carbocycles. The van der Waals surface area contributed by atoms with Gasteiger partial charge in [0, 0.05) is 69.9 Å². The highest BCUT2D eigenvalue weighted by molar-refractivity contribution is 5.40. The summed E-state index contributed by atoms with van der Waals surface area (Å²) >= 11 is 0. The molecule has 1 aliphatic heterocycles. The molecule has 3 aromatic rings. The summed E-state index contributed by atoms with van der Waals surface area (Å²) in [6.07, 6.45) is 9.69. The summed E-state index contributed by atoms with van der Waals surface area (Å²) in [6, 6.07) is 0. The lowest BCUT2D eigenvalue weighted by Gasteiger charge is -2.44. The molecule has 2 aliphatic rings. The Hall–Kier alpha value is -3.43. The number of aromatic nitrogens is 4. The summed E-state index contributed by atoms with van der Waals surface area (Å²) in [6.45, 7) is 68.1. The zero-order valence-electron chi connectivity index (χ0n) is 52.3. The first-order valence-corrected chi connectivity index (χ1v) is 26.3. The number of rotatable bonds is 1. The molecule has 0 saturated carbocycles. The van der Waals surface area contributed by atoms with Crippen molar-refractivity contribution in [3.63, 3.8) is 0 Å². The quantitative estimate of drug-likeness (QED) is 0.240. The second kappa shape index (κ2) is 22.6. The Morgan fingerprint density at radius 1 is 0.577 bits per heavy atom. The number of aliphatic hydroxyl groups is 1. The van der Waals surface area contributed by atoms with E-state index < -0.39 is 5.79 Å². The fourth-order valence-corrected chi connectivity index (χ4v) is 9.25. The summed E-state index contributed by atoms with van der Waals surface area (Å²) in [5.41, 5.74) is 10.8. The number of ether oxygens (including phenoxy) is 2. The van der Waals surface area contributed by atoms with Gasteiger partial charge < -0.3 is 28.1 Å². The van der Waals surface area contributed by atoms with Gasteiger partial charge in [-0.15, -0.1) is 0 Å². The number of imidazole rings is 1. The number of hydrogen-bond donors (Lipinski definition) is 1. The van der Waals surface area contributed by atoms with E-state index in [-0.39, 0.29) is 43.3 Å². The first-order valence-electron chi connectivity index (χ1n) is 26.3. The van der Waals surface area contributed by atoms with Gasteiger partial charge >= 0.3 is 0 Å². The molecule has 1 atom stereocenters. The average molecular weight is 992 g/mol. The molecular formula is C62H110N4O5. The lowest BCUT2D eigenvalue weighted by Crippen LogP contribution is -2.45. The lowest BCUT2D eigenvalue weighted by atomic mass is 9.74. The standard InChI is InChI=1S/C14H26O3.C13H22.C12H22N2.C12H21NO.C11H19NO/c1-12(2,3)10-11(13(4,5)6)17-9-8-14(10,15)16-7;1-12(2,3)10-8-7-9-11(10)13(4,5)6;1-11(2,3)9-10(12(4,5)6)14(7)8-13-9;1-8-9(11(2,3)4)10(14-13-8)12(5,6)7;1-10(2,3)8-9(11(4,5)6)13-7-12-8/h15H,8-9H2,1-7H3;7-8H,9H2,1-6H3;8H,1-7H3;1-7H3;7H,1-6H3. The van der Waals surface area contributed by atoms with Crippen LogP contribution in [-0.4, -0.2) is 44.3 Å². The maximum atomic E-state index is 10.6. The van der Waals surface area contributed by atoms with Crippen molar-refractivity contribution in [3.05, 3.63) is 87.2 Å². The minimum Gasteiger partial charge on any atom is -0.497 e. The van der Waals surface area contributed by atoms with Gasteiger partial charge in [-0.2, -0.15) is 0 Å². The second-order valence-electron chi connectivity index (χ2n) is 30.3. The van der Waals surface area contributed by atoms with Crippen LogP contribution in [0.3, 0.4) is 0 Å². The molecule has 9 heteroatoms. The lowest BCUT2D eigenvalue weighted by molar-refractivity contribution is -0.189. The van der Waals surface area contributed by atoms with E-state index in [1.54, 1.807) is 24.6 Å². The highest BCUT2D eigenvalue weighted by Gasteiger charge is 2.46. The van der Waals surface area contributed by atoms with Crippen molar-refractivity contribution < 1.29 is 23.5 Å². The smallest absolute Gasteiger partial charge is 0.195 e. The second-order valence-corrected chi connectivity index (χ2v) is 30.3. The van der Waals surface area contributed by atoms with Gasteiger partial charge in [-0.3, -0.25) is 0 Å². The first kappa shape index (κ1) is 65.6. The van der Waals surface area contributed by atoms with E-state index >= 15 is 0 Å². The van der Waals surface area contributed by atoms with Crippen LogP contribution < -0.4 is 0 Å². The predicted molar refractivity (Wildman–Crippen MR) is 301 cm³/mol. The minimum atomic E-state index is -1.20. The van der Waals surface area contributed by atoms with E-state index in [0.717, 1.165) is 40.7 Å². The van der Waals surface area contributed by atoms with E-state index in [1.807, 2.05) is 13.3 Å². The van der Waals surface area contributed by atoms with Crippen LogP contribution in [0.5, 0.6) is 0 Å². The maximum Gasteiger partial charge on any atom is 0.195 e. The monoisotopic (exact) mass is 991 g/mol. The molecule has 0 spiro atoms. The third-order valence-corrected chi connectivity index (χ3v) is 12.3. The number of aryl methyl sites for hydroxylation is 2. The predicted octanol–water partition coefficient (Wildman–Crippen LogP) is 17.3. The van der Waals surface area contributed by atoms with E-state index in [0.29, 0.717) is 23.9 Å². The molecule has 1 unspecified atom stereocenters. The van der Waals surface area contributed by atoms with Crippen LogP contribution in [-0.2, 0) is 49.0 Å². The van der Waals surface area contributed by atoms with Crippen LogP contribution in [0.25, 0.3) is 0 Å². The van der Waals surface area contributed by atoms with Crippen LogP contribution in [0.2, 0.25) is 0 Å². The van der Waals surface area contributed by atoms with Crippen molar-refractivity contribution in [2.45, 2.75) is 266 Å². The molecule has 71 heavy (non-hydrogen) atoms. The zero-order valence-corrected chi connectivity index (χ0v) is 52.3. The van der Waals surface area contributed by atoms with Crippen molar-refractivity contribution in [1.82, 2.24) is 19.7 Å². The third-order valence-electron chi connectivity index (χ3n) is 12.3.